The van der Waals surface area contributed by atoms with Crippen LogP contribution in [-0.4, -0.2) is 26.9 Å². The molecule has 26 heavy (non-hydrogen) atoms. The summed E-state index contributed by atoms with van der Waals surface area (Å²) >= 11 is 4.98. The van der Waals surface area contributed by atoms with Gasteiger partial charge in [-0.2, -0.15) is 0 Å². The first-order chi connectivity index (χ1) is 12.6. The Balaban J connectivity index is 1.98. The molecule has 1 unspecified atom stereocenters. The Labute approximate surface area is 162 Å². The van der Waals surface area contributed by atoms with Gasteiger partial charge in [-0.1, -0.05) is 52.8 Å². The third kappa shape index (κ3) is 2.89. The monoisotopic (exact) mass is 430 g/mol. The van der Waals surface area contributed by atoms with Crippen molar-refractivity contribution >= 4 is 44.5 Å². The number of nitrogens with zero attached hydrogens (tertiary/aromatic N) is 3. The van der Waals surface area contributed by atoms with Crippen molar-refractivity contribution in [3.05, 3.63) is 63.1 Å². The number of halogens is 1. The summed E-state index contributed by atoms with van der Waals surface area (Å²) in [6, 6.07) is 12.5. The first kappa shape index (κ1) is 17.1. The van der Waals surface area contributed by atoms with Crippen molar-refractivity contribution in [2.45, 2.75) is 13.1 Å². The number of thioether (sulfide) groups is 1. The molecule has 8 heteroatoms. The highest BCUT2D eigenvalue weighted by Gasteiger charge is 2.35. The number of amidine groups is 1. The molecule has 1 amide bonds. The Hall–Kier alpha value is -2.32. The van der Waals surface area contributed by atoms with Gasteiger partial charge in [0.2, 0.25) is 0 Å². The minimum Gasteiger partial charge on any atom is -0.508 e. The van der Waals surface area contributed by atoms with Crippen LogP contribution in [-0.2, 0) is 4.79 Å². The van der Waals surface area contributed by atoms with Gasteiger partial charge in [-0.25, -0.2) is 5.01 Å². The summed E-state index contributed by atoms with van der Waals surface area (Å²) in [4.78, 5) is 17.6. The fourth-order valence-corrected chi connectivity index (χ4v) is 4.00. The van der Waals surface area contributed by atoms with Crippen molar-refractivity contribution in [3.63, 3.8) is 0 Å². The number of nitrogens with one attached hydrogen (secondary N) is 1. The highest BCUT2D eigenvalue weighted by molar-refractivity contribution is 9.10. The molecule has 1 atom stereocenters. The summed E-state index contributed by atoms with van der Waals surface area (Å²) in [6.45, 7) is 2.00. The van der Waals surface area contributed by atoms with Gasteiger partial charge in [0.15, 0.2) is 11.3 Å². The zero-order valence-electron chi connectivity index (χ0n) is 13.8. The standard InChI is InChI=1S/C18H15BrN4O2S/c1-2-26-18-21-17(25)15-11-5-3-4-6-14(11)20-16(23(15)22-18)12-9-10(24)7-8-13(12)19/h3-9,16,24H,2H2,1H3,(H,21,22,25). The number of hydrogen-bond acceptors (Lipinski definition) is 6. The summed E-state index contributed by atoms with van der Waals surface area (Å²) in [5.41, 5.74) is 1.19. The van der Waals surface area contributed by atoms with Crippen molar-refractivity contribution in [2.75, 3.05) is 5.75 Å². The molecule has 2 aromatic carbocycles. The Kier molecular flexibility index (Phi) is 4.46. The topological polar surface area (TPSA) is 77.3 Å². The maximum Gasteiger partial charge on any atom is 0.276 e. The summed E-state index contributed by atoms with van der Waals surface area (Å²) in [5.74, 6) is 0.711. The minimum atomic E-state index is -0.556. The van der Waals surface area contributed by atoms with Gasteiger partial charge in [0, 0.05) is 15.3 Å². The fourth-order valence-electron chi connectivity index (χ4n) is 2.96. The maximum absolute atomic E-state index is 12.8. The highest BCUT2D eigenvalue weighted by atomic mass is 79.9. The Morgan fingerprint density at radius 2 is 2.12 bits per heavy atom. The molecule has 0 fully saturated rings. The third-order valence-corrected chi connectivity index (χ3v) is 5.52. The van der Waals surface area contributed by atoms with E-state index in [0.29, 0.717) is 10.9 Å². The summed E-state index contributed by atoms with van der Waals surface area (Å²) in [5, 5.41) is 21.0. The maximum atomic E-state index is 12.8. The van der Waals surface area contributed by atoms with E-state index in [4.69, 9.17) is 4.99 Å². The second-order valence-corrected chi connectivity index (χ2v) is 7.82. The number of phenolic OH excluding ortho intramolecular Hbond substituents is 1. The molecule has 2 aromatic rings. The van der Waals surface area contributed by atoms with Crippen LogP contribution in [0.2, 0.25) is 0 Å². The van der Waals surface area contributed by atoms with E-state index in [1.54, 1.807) is 23.2 Å². The SMILES string of the molecule is CCSC1=NN2C(=c3ccccc3=NC2c2cc(O)ccc2Br)C(=O)N1. The van der Waals surface area contributed by atoms with E-state index in [-0.39, 0.29) is 11.7 Å². The molecule has 2 aliphatic heterocycles. The number of benzene rings is 2. The van der Waals surface area contributed by atoms with Crippen molar-refractivity contribution < 1.29 is 9.90 Å². The van der Waals surface area contributed by atoms with Crippen LogP contribution >= 0.6 is 27.7 Å². The lowest BCUT2D eigenvalue weighted by molar-refractivity contribution is -0.116. The molecule has 6 nitrogen and oxygen atoms in total. The van der Waals surface area contributed by atoms with Crippen LogP contribution in [0.4, 0.5) is 0 Å². The lowest BCUT2D eigenvalue weighted by atomic mass is 10.1. The zero-order chi connectivity index (χ0) is 18.3. The Morgan fingerprint density at radius 3 is 2.92 bits per heavy atom. The van der Waals surface area contributed by atoms with E-state index in [1.807, 2.05) is 31.2 Å². The molecule has 0 bridgehead atoms. The second-order valence-electron chi connectivity index (χ2n) is 5.71. The van der Waals surface area contributed by atoms with E-state index in [0.717, 1.165) is 26.4 Å². The van der Waals surface area contributed by atoms with Gasteiger partial charge in [-0.15, -0.1) is 5.10 Å². The van der Waals surface area contributed by atoms with Crippen LogP contribution in [0, 0.1) is 0 Å². The molecular weight excluding hydrogens is 416 g/mol. The minimum absolute atomic E-state index is 0.132. The van der Waals surface area contributed by atoms with Crippen LogP contribution in [0.1, 0.15) is 18.7 Å². The number of amides is 1. The summed E-state index contributed by atoms with van der Waals surface area (Å²) in [7, 11) is 0. The summed E-state index contributed by atoms with van der Waals surface area (Å²) in [6.07, 6.45) is -0.556. The molecule has 0 saturated carbocycles. The summed E-state index contributed by atoms with van der Waals surface area (Å²) < 4.78 is 0.786. The van der Waals surface area contributed by atoms with E-state index in [2.05, 4.69) is 26.3 Å². The Morgan fingerprint density at radius 1 is 1.31 bits per heavy atom. The molecule has 2 heterocycles. The van der Waals surface area contributed by atoms with Gasteiger partial charge in [0.1, 0.15) is 11.4 Å². The number of aromatic hydroxyl groups is 1. The van der Waals surface area contributed by atoms with E-state index in [9.17, 15) is 9.90 Å². The number of phenols is 1. The molecule has 4 rings (SSSR count). The predicted molar refractivity (Wildman–Crippen MR) is 105 cm³/mol. The molecule has 0 aromatic heterocycles. The van der Waals surface area contributed by atoms with Crippen molar-refractivity contribution in [3.8, 4) is 5.75 Å². The second kappa shape index (κ2) is 6.77. The van der Waals surface area contributed by atoms with E-state index >= 15 is 0 Å². The van der Waals surface area contributed by atoms with Gasteiger partial charge in [-0.3, -0.25) is 15.1 Å². The number of para-hydroxylation sites is 1. The van der Waals surface area contributed by atoms with Gasteiger partial charge in [0.25, 0.3) is 5.91 Å². The molecule has 2 N–H and O–H groups in total. The largest absolute Gasteiger partial charge is 0.508 e. The molecule has 0 radical (unpaired) electrons. The average Bonchev–Trinajstić information content (AvgIpc) is 2.63. The number of rotatable bonds is 2. The molecule has 0 spiro atoms. The molecule has 2 aliphatic rings. The lowest BCUT2D eigenvalue weighted by Gasteiger charge is -2.34. The van der Waals surface area contributed by atoms with Crippen LogP contribution in [0.5, 0.6) is 5.75 Å². The van der Waals surface area contributed by atoms with Crippen molar-refractivity contribution in [2.24, 2.45) is 10.1 Å². The molecule has 132 valence electrons. The predicted octanol–water partition coefficient (Wildman–Crippen LogP) is 2.05. The van der Waals surface area contributed by atoms with Gasteiger partial charge in [-0.05, 0) is 30.0 Å². The van der Waals surface area contributed by atoms with E-state index < -0.39 is 6.17 Å². The van der Waals surface area contributed by atoms with Gasteiger partial charge >= 0.3 is 0 Å². The van der Waals surface area contributed by atoms with E-state index in [1.165, 1.54) is 11.8 Å². The first-order valence-corrected chi connectivity index (χ1v) is 9.84. The number of hydrogen-bond donors (Lipinski definition) is 2. The van der Waals surface area contributed by atoms with Gasteiger partial charge in [0.05, 0.1) is 5.36 Å². The zero-order valence-corrected chi connectivity index (χ0v) is 16.2. The first-order valence-electron chi connectivity index (χ1n) is 8.06. The van der Waals surface area contributed by atoms with Crippen molar-refractivity contribution in [1.82, 2.24) is 10.3 Å². The highest BCUT2D eigenvalue weighted by Crippen LogP contribution is 2.36. The quantitative estimate of drug-likeness (QED) is 0.763. The number of hydrazone groups is 1. The molecular formula is C18H15BrN4O2S. The van der Waals surface area contributed by atoms with Crippen LogP contribution < -0.4 is 15.9 Å². The Bertz CT molecular complexity index is 1050. The number of fused-ring (bicyclic) bond motifs is 2. The van der Waals surface area contributed by atoms with Crippen LogP contribution in [0.15, 0.2) is 57.0 Å². The normalized spacial score (nSPS) is 18.5. The third-order valence-electron chi connectivity index (χ3n) is 4.05. The smallest absolute Gasteiger partial charge is 0.276 e. The average molecular weight is 431 g/mol. The van der Waals surface area contributed by atoms with Crippen molar-refractivity contribution in [1.29, 1.82) is 0 Å². The number of carbonyl (C=O) groups is 1. The number of carbonyl (C=O) groups excluding carboxylic acids is 1. The molecule has 0 aliphatic carbocycles. The fraction of sp³-hybridized carbons (Fsp3) is 0.167. The van der Waals surface area contributed by atoms with Crippen LogP contribution in [0.25, 0.3) is 5.70 Å². The van der Waals surface area contributed by atoms with Crippen LogP contribution in [0.3, 0.4) is 0 Å². The lowest BCUT2D eigenvalue weighted by Crippen LogP contribution is -2.50. The molecule has 0 saturated heterocycles. The van der Waals surface area contributed by atoms with Gasteiger partial charge < -0.3 is 5.11 Å².